The fraction of sp³-hybridized carbons (Fsp3) is 0.333. The fourth-order valence-corrected chi connectivity index (χ4v) is 1.86. The molecule has 0 unspecified atom stereocenters. The van der Waals surface area contributed by atoms with Crippen molar-refractivity contribution in [3.8, 4) is 0 Å². The van der Waals surface area contributed by atoms with Crippen molar-refractivity contribution in [2.24, 2.45) is 0 Å². The first kappa shape index (κ1) is 16.6. The molecule has 7 nitrogen and oxygen atoms in total. The lowest BCUT2D eigenvalue weighted by atomic mass is 9.92. The van der Waals surface area contributed by atoms with E-state index >= 15 is 0 Å². The van der Waals surface area contributed by atoms with E-state index in [1.54, 1.807) is 6.92 Å². The molecule has 0 N–H and O–H groups in total. The van der Waals surface area contributed by atoms with Gasteiger partial charge in [-0.05, 0) is 13.0 Å². The predicted octanol–water partition coefficient (Wildman–Crippen LogP) is 1.09. The molecule has 111 valence electrons. The molecular weight excluding hydrogens is 282 g/mol. The number of nitro groups is 1. The third kappa shape index (κ3) is 4.01. The summed E-state index contributed by atoms with van der Waals surface area (Å²) in [6.45, 7) is 1.87. The third-order valence-corrected chi connectivity index (χ3v) is 2.77. The quantitative estimate of drug-likeness (QED) is 0.246. The number of anilines is 1. The van der Waals surface area contributed by atoms with Crippen molar-refractivity contribution in [2.75, 3.05) is 18.5 Å². The minimum atomic E-state index is -0.743. The summed E-state index contributed by atoms with van der Waals surface area (Å²) in [5, 5.41) is 11.3. The standard InChI is InChI=1S/C12H13BFN2O5/c1-3-15(13-7-17)10-6-9(14)4-8(5-11(18)21-2)12(10)16(19)20/h4,6-7H,3,5H2,1-2H3. The van der Waals surface area contributed by atoms with Gasteiger partial charge in [0.15, 0.2) is 0 Å². The van der Waals surface area contributed by atoms with E-state index in [2.05, 4.69) is 4.74 Å². The molecule has 0 aliphatic carbocycles. The summed E-state index contributed by atoms with van der Waals surface area (Å²) in [5.74, 6) is -1.47. The molecule has 1 rings (SSSR count). The molecule has 0 fully saturated rings. The van der Waals surface area contributed by atoms with Gasteiger partial charge in [0.25, 0.3) is 5.69 Å². The molecule has 0 aliphatic rings. The molecule has 0 spiro atoms. The molecule has 0 amide bonds. The van der Waals surface area contributed by atoms with Crippen LogP contribution in [0.2, 0.25) is 0 Å². The number of carbonyl (C=O) groups is 2. The van der Waals surface area contributed by atoms with Crippen LogP contribution >= 0.6 is 0 Å². The van der Waals surface area contributed by atoms with Gasteiger partial charge < -0.3 is 14.3 Å². The summed E-state index contributed by atoms with van der Waals surface area (Å²) in [7, 11) is 2.19. The van der Waals surface area contributed by atoms with Crippen molar-refractivity contribution in [3.05, 3.63) is 33.6 Å². The van der Waals surface area contributed by atoms with Gasteiger partial charge in [-0.1, -0.05) is 0 Å². The molecule has 0 saturated carbocycles. The van der Waals surface area contributed by atoms with Crippen LogP contribution in [-0.4, -0.2) is 38.1 Å². The van der Waals surface area contributed by atoms with E-state index in [-0.39, 0.29) is 17.8 Å². The fourth-order valence-electron chi connectivity index (χ4n) is 1.86. The number of nitrogens with zero attached hydrogens (tertiary/aromatic N) is 2. The van der Waals surface area contributed by atoms with Crippen molar-refractivity contribution in [1.82, 2.24) is 0 Å². The van der Waals surface area contributed by atoms with Gasteiger partial charge >= 0.3 is 13.4 Å². The zero-order valence-electron chi connectivity index (χ0n) is 11.5. The highest BCUT2D eigenvalue weighted by molar-refractivity contribution is 6.70. The van der Waals surface area contributed by atoms with Crippen molar-refractivity contribution in [2.45, 2.75) is 13.3 Å². The normalized spacial score (nSPS) is 9.86. The molecule has 21 heavy (non-hydrogen) atoms. The second kappa shape index (κ2) is 7.37. The second-order valence-corrected chi connectivity index (χ2v) is 4.01. The van der Waals surface area contributed by atoms with Gasteiger partial charge in [-0.15, -0.1) is 0 Å². The molecule has 0 aromatic heterocycles. The zero-order chi connectivity index (χ0) is 16.0. The van der Waals surface area contributed by atoms with Crippen molar-refractivity contribution >= 4 is 30.9 Å². The van der Waals surface area contributed by atoms with Gasteiger partial charge in [0.2, 0.25) is 0 Å². The zero-order valence-corrected chi connectivity index (χ0v) is 11.5. The maximum Gasteiger partial charge on any atom is 0.329 e. The second-order valence-electron chi connectivity index (χ2n) is 4.01. The first-order chi connectivity index (χ1) is 9.94. The molecule has 1 aromatic rings. The number of rotatable bonds is 7. The van der Waals surface area contributed by atoms with Crippen LogP contribution in [0.15, 0.2) is 12.1 Å². The van der Waals surface area contributed by atoms with E-state index in [0.29, 0.717) is 6.19 Å². The van der Waals surface area contributed by atoms with Crippen LogP contribution in [0.25, 0.3) is 0 Å². The summed E-state index contributed by atoms with van der Waals surface area (Å²) < 4.78 is 18.1. The van der Waals surface area contributed by atoms with E-state index in [9.17, 15) is 24.1 Å². The topological polar surface area (TPSA) is 89.8 Å². The molecule has 9 heteroatoms. The number of carbonyl (C=O) groups excluding carboxylic acids is 2. The summed E-state index contributed by atoms with van der Waals surface area (Å²) >= 11 is 0. The number of halogens is 1. The SMILES string of the molecule is CCN([B]C=O)c1cc(F)cc(CC(=O)OC)c1[N+](=O)[O-]. The highest BCUT2D eigenvalue weighted by Gasteiger charge is 2.26. The van der Waals surface area contributed by atoms with Gasteiger partial charge in [-0.2, -0.15) is 0 Å². The molecule has 0 heterocycles. The van der Waals surface area contributed by atoms with Crippen LogP contribution in [0.3, 0.4) is 0 Å². The first-order valence-corrected chi connectivity index (χ1v) is 6.03. The lowest BCUT2D eigenvalue weighted by Gasteiger charge is -2.20. The Bertz CT molecular complexity index is 567. The van der Waals surface area contributed by atoms with E-state index in [1.807, 2.05) is 0 Å². The van der Waals surface area contributed by atoms with Crippen molar-refractivity contribution < 1.29 is 23.6 Å². The van der Waals surface area contributed by atoms with Crippen LogP contribution in [0.4, 0.5) is 15.8 Å². The minimum absolute atomic E-state index is 0.0893. The van der Waals surface area contributed by atoms with Crippen LogP contribution in [-0.2, 0) is 20.7 Å². The Balaban J connectivity index is 3.44. The van der Waals surface area contributed by atoms with Gasteiger partial charge in [0.1, 0.15) is 17.7 Å². The van der Waals surface area contributed by atoms with Gasteiger partial charge in [0.05, 0.1) is 18.5 Å². The Morgan fingerprint density at radius 2 is 2.24 bits per heavy atom. The van der Waals surface area contributed by atoms with E-state index in [1.165, 1.54) is 4.81 Å². The number of benzene rings is 1. The van der Waals surface area contributed by atoms with E-state index in [4.69, 9.17) is 0 Å². The van der Waals surface area contributed by atoms with Crippen LogP contribution in [0, 0.1) is 15.9 Å². The number of ether oxygens (including phenoxy) is 1. The monoisotopic (exact) mass is 295 g/mol. The highest BCUT2D eigenvalue weighted by atomic mass is 19.1. The van der Waals surface area contributed by atoms with Gasteiger partial charge in [-0.25, -0.2) is 4.39 Å². The lowest BCUT2D eigenvalue weighted by Crippen LogP contribution is -2.29. The molecule has 0 aliphatic heterocycles. The van der Waals surface area contributed by atoms with E-state index < -0.39 is 28.8 Å². The molecule has 0 saturated heterocycles. The van der Waals surface area contributed by atoms with Crippen molar-refractivity contribution in [1.29, 1.82) is 0 Å². The summed E-state index contributed by atoms with van der Waals surface area (Å²) in [4.78, 5) is 33.7. The van der Waals surface area contributed by atoms with Crippen LogP contribution < -0.4 is 4.81 Å². The maximum atomic E-state index is 13.7. The number of hydrogen-bond donors (Lipinski definition) is 0. The molecular formula is C12H13BFN2O5. The molecule has 0 bridgehead atoms. The number of hydrogen-bond acceptors (Lipinski definition) is 6. The molecule has 1 radical (unpaired) electrons. The summed E-state index contributed by atoms with van der Waals surface area (Å²) in [6, 6.07) is 1.86. The van der Waals surface area contributed by atoms with Crippen molar-refractivity contribution in [3.63, 3.8) is 0 Å². The highest BCUT2D eigenvalue weighted by Crippen LogP contribution is 2.33. The lowest BCUT2D eigenvalue weighted by molar-refractivity contribution is -0.384. The Morgan fingerprint density at radius 3 is 2.71 bits per heavy atom. The van der Waals surface area contributed by atoms with Gasteiger partial charge in [0, 0.05) is 18.2 Å². The average Bonchev–Trinajstić information content (AvgIpc) is 2.43. The largest absolute Gasteiger partial charge is 0.469 e. The Hall–Kier alpha value is -2.45. The Kier molecular flexibility index (Phi) is 5.83. The number of methoxy groups -OCH3 is 1. The average molecular weight is 295 g/mol. The number of esters is 1. The number of nitro benzene ring substituents is 1. The third-order valence-electron chi connectivity index (χ3n) is 2.77. The van der Waals surface area contributed by atoms with E-state index in [0.717, 1.165) is 26.7 Å². The molecule has 0 atom stereocenters. The van der Waals surface area contributed by atoms with Crippen LogP contribution in [0.1, 0.15) is 12.5 Å². The van der Waals surface area contributed by atoms with Crippen LogP contribution in [0.5, 0.6) is 0 Å². The first-order valence-electron chi connectivity index (χ1n) is 6.03. The summed E-state index contributed by atoms with van der Waals surface area (Å²) in [6.07, 6.45) is 0.00826. The Labute approximate surface area is 121 Å². The maximum absolute atomic E-state index is 13.7. The minimum Gasteiger partial charge on any atom is -0.469 e. The molecule has 1 aromatic carbocycles. The van der Waals surface area contributed by atoms with Gasteiger partial charge in [-0.3, -0.25) is 14.9 Å². The Morgan fingerprint density at radius 1 is 1.57 bits per heavy atom. The smallest absolute Gasteiger partial charge is 0.329 e. The summed E-state index contributed by atoms with van der Waals surface area (Å²) in [5.41, 5.74) is -0.630. The predicted molar refractivity (Wildman–Crippen MR) is 74.3 cm³/mol.